The van der Waals surface area contributed by atoms with Crippen LogP contribution in [-0.2, 0) is 14.3 Å². The van der Waals surface area contributed by atoms with Gasteiger partial charge in [0, 0.05) is 20.2 Å². The molecular formula is C18H20N2O4S2. The molecule has 0 unspecified atom stereocenters. The predicted octanol–water partition coefficient (Wildman–Crippen LogP) is 2.19. The van der Waals surface area contributed by atoms with Crippen molar-refractivity contribution in [3.05, 3.63) is 34.7 Å². The number of ether oxygens (including phenoxy) is 2. The van der Waals surface area contributed by atoms with E-state index in [0.717, 1.165) is 25.0 Å². The molecule has 2 aliphatic heterocycles. The van der Waals surface area contributed by atoms with E-state index in [1.54, 1.807) is 25.3 Å². The fourth-order valence-electron chi connectivity index (χ4n) is 2.59. The Balaban J connectivity index is 1.48. The van der Waals surface area contributed by atoms with Crippen LogP contribution in [0.4, 0.5) is 0 Å². The minimum atomic E-state index is -0.170. The molecule has 2 heterocycles. The van der Waals surface area contributed by atoms with E-state index in [-0.39, 0.29) is 24.5 Å². The van der Waals surface area contributed by atoms with Gasteiger partial charge in [-0.15, -0.1) is 0 Å². The number of likely N-dealkylation sites (N-methyl/N-ethyl adjacent to an activating group) is 1. The number of hydrogen-bond acceptors (Lipinski definition) is 6. The monoisotopic (exact) mass is 392 g/mol. The zero-order valence-electron chi connectivity index (χ0n) is 14.4. The third-order valence-corrected chi connectivity index (χ3v) is 5.57. The van der Waals surface area contributed by atoms with E-state index in [2.05, 4.69) is 5.32 Å². The highest BCUT2D eigenvalue weighted by Gasteiger charge is 2.28. The summed E-state index contributed by atoms with van der Waals surface area (Å²) < 4.78 is 11.5. The van der Waals surface area contributed by atoms with Gasteiger partial charge in [0.1, 0.15) is 10.1 Å². The number of thioether (sulfide) groups is 1. The Kier molecular flexibility index (Phi) is 6.29. The van der Waals surface area contributed by atoms with E-state index >= 15 is 0 Å². The van der Waals surface area contributed by atoms with Gasteiger partial charge in [0.25, 0.3) is 11.8 Å². The molecule has 0 aliphatic carbocycles. The van der Waals surface area contributed by atoms with Crippen molar-refractivity contribution in [1.29, 1.82) is 0 Å². The highest BCUT2D eigenvalue weighted by Crippen LogP contribution is 2.31. The lowest BCUT2D eigenvalue weighted by molar-refractivity contribution is -0.123. The SMILES string of the molecule is CN1C(=O)/C(=C\c2ccc(OCC(=O)NC[C@@H]3CCCO3)cc2)SC1=S. The van der Waals surface area contributed by atoms with Gasteiger partial charge in [0.05, 0.1) is 11.0 Å². The summed E-state index contributed by atoms with van der Waals surface area (Å²) in [6.07, 6.45) is 3.95. The first-order valence-corrected chi connectivity index (χ1v) is 9.58. The molecule has 8 heteroatoms. The molecular weight excluding hydrogens is 372 g/mol. The van der Waals surface area contributed by atoms with Crippen molar-refractivity contribution in [2.24, 2.45) is 0 Å². The number of carbonyl (C=O) groups is 2. The van der Waals surface area contributed by atoms with Gasteiger partial charge in [0.15, 0.2) is 6.61 Å². The maximum Gasteiger partial charge on any atom is 0.265 e. The molecule has 2 fully saturated rings. The first-order valence-electron chi connectivity index (χ1n) is 8.35. The molecule has 26 heavy (non-hydrogen) atoms. The molecule has 1 aromatic rings. The number of amides is 2. The summed E-state index contributed by atoms with van der Waals surface area (Å²) in [6, 6.07) is 7.21. The number of carbonyl (C=O) groups excluding carboxylic acids is 2. The van der Waals surface area contributed by atoms with Gasteiger partial charge >= 0.3 is 0 Å². The Morgan fingerprint density at radius 2 is 2.23 bits per heavy atom. The second-order valence-corrected chi connectivity index (χ2v) is 7.71. The second kappa shape index (κ2) is 8.66. The van der Waals surface area contributed by atoms with E-state index in [1.807, 2.05) is 12.1 Å². The lowest BCUT2D eigenvalue weighted by Gasteiger charge is -2.11. The molecule has 3 rings (SSSR count). The quantitative estimate of drug-likeness (QED) is 0.591. The molecule has 0 radical (unpaired) electrons. The van der Waals surface area contributed by atoms with Crippen molar-refractivity contribution >= 4 is 46.2 Å². The molecule has 2 saturated heterocycles. The third kappa shape index (κ3) is 4.84. The zero-order valence-corrected chi connectivity index (χ0v) is 16.0. The second-order valence-electron chi connectivity index (χ2n) is 6.04. The number of nitrogens with zero attached hydrogens (tertiary/aromatic N) is 1. The maximum absolute atomic E-state index is 12.0. The van der Waals surface area contributed by atoms with Crippen molar-refractivity contribution in [2.75, 3.05) is 26.8 Å². The summed E-state index contributed by atoms with van der Waals surface area (Å²) in [5.74, 6) is 0.330. The fourth-order valence-corrected chi connectivity index (χ4v) is 3.77. The predicted molar refractivity (Wildman–Crippen MR) is 105 cm³/mol. The number of thiocarbonyl (C=S) groups is 1. The van der Waals surface area contributed by atoms with Crippen LogP contribution in [0.5, 0.6) is 5.75 Å². The van der Waals surface area contributed by atoms with Gasteiger partial charge in [-0.2, -0.15) is 0 Å². The summed E-state index contributed by atoms with van der Waals surface area (Å²) in [7, 11) is 1.67. The highest BCUT2D eigenvalue weighted by atomic mass is 32.2. The topological polar surface area (TPSA) is 67.9 Å². The standard InChI is InChI=1S/C18H20N2O4S2/c1-20-17(22)15(26-18(20)25)9-12-4-6-13(7-5-12)24-11-16(21)19-10-14-3-2-8-23-14/h4-7,9,14H,2-3,8,10-11H2,1H3,(H,19,21)/b15-9+/t14-/m0/s1. The van der Waals surface area contributed by atoms with Crippen LogP contribution >= 0.6 is 24.0 Å². The molecule has 1 atom stereocenters. The first-order chi connectivity index (χ1) is 12.5. The van der Waals surface area contributed by atoms with Crippen LogP contribution in [0.25, 0.3) is 6.08 Å². The average molecular weight is 393 g/mol. The summed E-state index contributed by atoms with van der Waals surface area (Å²) in [5.41, 5.74) is 0.870. The molecule has 2 amide bonds. The van der Waals surface area contributed by atoms with Gasteiger partial charge < -0.3 is 14.8 Å². The maximum atomic E-state index is 12.0. The number of benzene rings is 1. The Hall–Kier alpha value is -1.90. The molecule has 6 nitrogen and oxygen atoms in total. The van der Waals surface area contributed by atoms with E-state index in [4.69, 9.17) is 21.7 Å². The van der Waals surface area contributed by atoms with Crippen LogP contribution < -0.4 is 10.1 Å². The van der Waals surface area contributed by atoms with Crippen molar-refractivity contribution in [3.63, 3.8) is 0 Å². The smallest absolute Gasteiger partial charge is 0.265 e. The Morgan fingerprint density at radius 3 is 2.85 bits per heavy atom. The van der Waals surface area contributed by atoms with Crippen LogP contribution in [-0.4, -0.2) is 53.9 Å². The molecule has 1 N–H and O–H groups in total. The van der Waals surface area contributed by atoms with E-state index in [0.29, 0.717) is 21.5 Å². The molecule has 0 aromatic heterocycles. The molecule has 1 aromatic carbocycles. The van der Waals surface area contributed by atoms with Gasteiger partial charge in [-0.1, -0.05) is 36.1 Å². The van der Waals surface area contributed by atoms with Crippen molar-refractivity contribution in [1.82, 2.24) is 10.2 Å². The summed E-state index contributed by atoms with van der Waals surface area (Å²) in [5, 5.41) is 2.81. The largest absolute Gasteiger partial charge is 0.484 e. The minimum Gasteiger partial charge on any atom is -0.484 e. The van der Waals surface area contributed by atoms with Crippen molar-refractivity contribution in [2.45, 2.75) is 18.9 Å². The van der Waals surface area contributed by atoms with E-state index < -0.39 is 0 Å². The Morgan fingerprint density at radius 1 is 1.46 bits per heavy atom. The summed E-state index contributed by atoms with van der Waals surface area (Å²) in [4.78, 5) is 25.9. The molecule has 138 valence electrons. The van der Waals surface area contributed by atoms with Crippen LogP contribution in [0.2, 0.25) is 0 Å². The Bertz CT molecular complexity index is 727. The molecule has 0 saturated carbocycles. The van der Waals surface area contributed by atoms with Crippen LogP contribution in [0.3, 0.4) is 0 Å². The molecule has 2 aliphatic rings. The molecule has 0 spiro atoms. The van der Waals surface area contributed by atoms with Crippen molar-refractivity contribution < 1.29 is 19.1 Å². The lowest BCUT2D eigenvalue weighted by Crippen LogP contribution is -2.35. The van der Waals surface area contributed by atoms with Gasteiger partial charge in [-0.05, 0) is 36.6 Å². The van der Waals surface area contributed by atoms with Crippen LogP contribution in [0.15, 0.2) is 29.2 Å². The van der Waals surface area contributed by atoms with Gasteiger partial charge in [-0.3, -0.25) is 14.5 Å². The molecule has 0 bridgehead atoms. The van der Waals surface area contributed by atoms with E-state index in [1.165, 1.54) is 16.7 Å². The average Bonchev–Trinajstić information content (AvgIpc) is 3.24. The minimum absolute atomic E-state index is 0.0411. The van der Waals surface area contributed by atoms with E-state index in [9.17, 15) is 9.59 Å². The van der Waals surface area contributed by atoms with Gasteiger partial charge in [0.2, 0.25) is 0 Å². The third-order valence-electron chi connectivity index (χ3n) is 4.09. The van der Waals surface area contributed by atoms with Crippen LogP contribution in [0, 0.1) is 0 Å². The normalized spacial score (nSPS) is 21.5. The fraction of sp³-hybridized carbons (Fsp3) is 0.389. The number of nitrogens with one attached hydrogen (secondary N) is 1. The Labute approximate surface area is 161 Å². The lowest BCUT2D eigenvalue weighted by atomic mass is 10.2. The summed E-state index contributed by atoms with van der Waals surface area (Å²) in [6.45, 7) is 1.25. The first kappa shape index (κ1) is 18.9. The highest BCUT2D eigenvalue weighted by molar-refractivity contribution is 8.26. The van der Waals surface area contributed by atoms with Gasteiger partial charge in [-0.25, -0.2) is 0 Å². The number of rotatable bonds is 6. The van der Waals surface area contributed by atoms with Crippen molar-refractivity contribution in [3.8, 4) is 5.75 Å². The zero-order chi connectivity index (χ0) is 18.5. The van der Waals surface area contributed by atoms with Crippen LogP contribution in [0.1, 0.15) is 18.4 Å². The summed E-state index contributed by atoms with van der Waals surface area (Å²) >= 11 is 6.39. The number of hydrogen-bond donors (Lipinski definition) is 1.